The number of hydrogen-bond acceptors (Lipinski definition) is 11. The molecule has 2 spiro atoms. The van der Waals surface area contributed by atoms with E-state index in [1.54, 1.807) is 93.6 Å². The molecule has 2 saturated carbocycles. The number of likely N-dealkylation sites (N-methyl/N-ethyl adjacent to an activating group) is 1. The summed E-state index contributed by atoms with van der Waals surface area (Å²) in [6.07, 6.45) is 1.74. The maximum absolute atomic E-state index is 14.7. The van der Waals surface area contributed by atoms with Gasteiger partial charge in [-0.25, -0.2) is 24.2 Å². The van der Waals surface area contributed by atoms with Gasteiger partial charge in [-0.1, -0.05) is 30.0 Å². The summed E-state index contributed by atoms with van der Waals surface area (Å²) in [5.41, 5.74) is -1.14. The van der Waals surface area contributed by atoms with Gasteiger partial charge in [0.05, 0.1) is 0 Å². The van der Waals surface area contributed by atoms with E-state index >= 15 is 0 Å². The lowest BCUT2D eigenvalue weighted by atomic mass is 9.61. The summed E-state index contributed by atoms with van der Waals surface area (Å²) in [7, 11) is 1.60. The highest BCUT2D eigenvalue weighted by atomic mass is 16.7. The van der Waals surface area contributed by atoms with E-state index in [1.807, 2.05) is 18.2 Å². The number of nitrogens with one attached hydrogen (secondary N) is 2. The second kappa shape index (κ2) is 16.5. The largest absolute Gasteiger partial charge is 0.514 e. The van der Waals surface area contributed by atoms with Crippen LogP contribution in [0, 0.1) is 23.2 Å². The number of hydrogen-bond donors (Lipinski definition) is 2. The van der Waals surface area contributed by atoms with Crippen LogP contribution in [-0.2, 0) is 46.9 Å². The van der Waals surface area contributed by atoms with Crippen molar-refractivity contribution < 1.29 is 47.7 Å². The van der Waals surface area contributed by atoms with E-state index in [9.17, 15) is 24.0 Å². The topological polar surface area (TPSA) is 171 Å². The summed E-state index contributed by atoms with van der Waals surface area (Å²) in [5.74, 6) is 6.45. The lowest BCUT2D eigenvalue weighted by Crippen LogP contribution is -2.52. The average Bonchev–Trinajstić information content (AvgIpc) is 3.87. The highest BCUT2D eigenvalue weighted by Crippen LogP contribution is 2.62. The molecule has 2 N–H and O–H groups in total. The number of carbonyl (C=O) groups is 5. The Kier molecular flexibility index (Phi) is 12.1. The van der Waals surface area contributed by atoms with Crippen LogP contribution in [0.4, 0.5) is 14.4 Å². The van der Waals surface area contributed by atoms with E-state index < -0.39 is 64.2 Å². The van der Waals surface area contributed by atoms with E-state index in [4.69, 9.17) is 28.7 Å². The van der Waals surface area contributed by atoms with Crippen molar-refractivity contribution in [2.45, 2.75) is 148 Å². The first-order valence-corrected chi connectivity index (χ1v) is 20.7. The maximum Gasteiger partial charge on any atom is 0.514 e. The molecule has 2 unspecified atom stereocenters. The zero-order valence-electron chi connectivity index (χ0n) is 36.4. The number of fused-ring (bicyclic) bond motifs is 3. The zero-order valence-corrected chi connectivity index (χ0v) is 36.4. The summed E-state index contributed by atoms with van der Waals surface area (Å²) >= 11 is 0. The molecule has 6 rings (SSSR count). The molecule has 2 atom stereocenters. The molecule has 60 heavy (non-hydrogen) atoms. The molecule has 2 aromatic rings. The number of ether oxygens (including phenoxy) is 5. The Balaban J connectivity index is 1.22. The molecule has 14 heteroatoms. The number of rotatable bonds is 6. The average molecular weight is 827 g/mol. The molecule has 3 aliphatic carbocycles. The van der Waals surface area contributed by atoms with E-state index in [-0.39, 0.29) is 24.0 Å². The fourth-order valence-electron chi connectivity index (χ4n) is 7.97. The van der Waals surface area contributed by atoms with Crippen molar-refractivity contribution in [3.8, 4) is 17.6 Å². The number of amides is 3. The number of esters is 1. The Labute approximate surface area is 352 Å². The van der Waals surface area contributed by atoms with Crippen LogP contribution < -0.4 is 15.4 Å². The summed E-state index contributed by atoms with van der Waals surface area (Å²) in [4.78, 5) is 73.3. The molecule has 0 saturated heterocycles. The lowest BCUT2D eigenvalue weighted by Gasteiger charge is -2.45. The van der Waals surface area contributed by atoms with E-state index in [2.05, 4.69) is 22.5 Å². The fraction of sp³-hybridized carbons (Fsp3) is 0.565. The smallest absolute Gasteiger partial charge is 0.461 e. The van der Waals surface area contributed by atoms with Crippen LogP contribution in [0.3, 0.4) is 0 Å². The number of nitrogens with zero attached hydrogens (tertiary/aromatic N) is 2. The highest BCUT2D eigenvalue weighted by molar-refractivity contribution is 6.12. The molecule has 14 nitrogen and oxygen atoms in total. The molecule has 3 amide bonds. The molecular formula is C46H58N4O10. The van der Waals surface area contributed by atoms with Crippen LogP contribution in [-0.4, -0.2) is 77.1 Å². The van der Waals surface area contributed by atoms with Crippen molar-refractivity contribution in [1.82, 2.24) is 15.5 Å². The van der Waals surface area contributed by atoms with Gasteiger partial charge in [0.2, 0.25) is 5.96 Å². The van der Waals surface area contributed by atoms with Gasteiger partial charge >= 0.3 is 24.3 Å². The van der Waals surface area contributed by atoms with Crippen molar-refractivity contribution in [2.24, 2.45) is 16.3 Å². The monoisotopic (exact) mass is 826 g/mol. The van der Waals surface area contributed by atoms with Gasteiger partial charge in [-0.2, -0.15) is 0 Å². The maximum atomic E-state index is 14.7. The van der Waals surface area contributed by atoms with Crippen molar-refractivity contribution in [1.29, 1.82) is 0 Å². The molecular weight excluding hydrogens is 769 g/mol. The lowest BCUT2D eigenvalue weighted by molar-refractivity contribution is -0.156. The first-order valence-electron chi connectivity index (χ1n) is 20.7. The second-order valence-electron chi connectivity index (χ2n) is 19.3. The zero-order chi connectivity index (χ0) is 43.8. The van der Waals surface area contributed by atoms with Gasteiger partial charge in [0.25, 0.3) is 5.91 Å². The Morgan fingerprint density at radius 2 is 1.47 bits per heavy atom. The highest BCUT2D eigenvalue weighted by Gasteiger charge is 2.66. The Hall–Kier alpha value is -5.58. The third-order valence-corrected chi connectivity index (χ3v) is 10.7. The summed E-state index contributed by atoms with van der Waals surface area (Å²) in [6.45, 7) is 15.7. The van der Waals surface area contributed by atoms with Gasteiger partial charge in [-0.05, 0) is 148 Å². The minimum atomic E-state index is -1.35. The van der Waals surface area contributed by atoms with Gasteiger partial charge in [0, 0.05) is 30.4 Å². The van der Waals surface area contributed by atoms with Crippen molar-refractivity contribution >= 4 is 36.2 Å². The first-order chi connectivity index (χ1) is 27.9. The molecule has 2 fully saturated rings. The SMILES string of the molecule is CN1C(=O)C2(N=C1NC(=O)OC(C)(C)C)c1cc(C#CC3CC3)ccc1CC21CCC(OC(=O)C(Cc2ccc(OC(=O)OC(C)(C)C)cc2)NC(=O)OC(C)(C)C)CC1. The number of carbonyl (C=O) groups excluding carboxylic acids is 5. The molecule has 0 radical (unpaired) electrons. The number of benzene rings is 2. The molecule has 1 aliphatic heterocycles. The van der Waals surface area contributed by atoms with Gasteiger partial charge in [-0.3, -0.25) is 15.0 Å². The van der Waals surface area contributed by atoms with E-state index in [0.29, 0.717) is 43.6 Å². The van der Waals surface area contributed by atoms with Gasteiger partial charge in [0.15, 0.2) is 5.54 Å². The minimum Gasteiger partial charge on any atom is -0.461 e. The van der Waals surface area contributed by atoms with E-state index in [1.165, 1.54) is 4.90 Å². The number of alkyl carbamates (subject to hydrolysis) is 2. The standard InChI is InChI=1S/C46H58N4O10/c1-42(2,3)58-39(53)47-35(26-30-16-19-32(20-17-30)57-41(55)60-44(7,8)9)36(51)56-33-21-23-45(24-22-33)27-31-18-15-29(14-13-28-11-12-28)25-34(31)46(45)37(52)50(10)38(49-46)48-40(54)59-43(4,5)6/h15-20,25,28,33,35H,11-12,21-24,26-27H2,1-10H3,(H,47,53)(H,48,49,54). The number of aliphatic imine (C=N–C) groups is 1. The summed E-state index contributed by atoms with van der Waals surface area (Å²) in [6, 6.07) is 11.4. The Morgan fingerprint density at radius 3 is 2.07 bits per heavy atom. The van der Waals surface area contributed by atoms with Crippen LogP contribution in [0.5, 0.6) is 5.75 Å². The fourth-order valence-corrected chi connectivity index (χ4v) is 7.97. The molecule has 2 aromatic carbocycles. The van der Waals surface area contributed by atoms with Crippen molar-refractivity contribution in [3.05, 3.63) is 64.7 Å². The second-order valence-corrected chi connectivity index (χ2v) is 19.3. The van der Waals surface area contributed by atoms with Crippen LogP contribution in [0.1, 0.15) is 123 Å². The molecule has 4 aliphatic rings. The molecule has 1 heterocycles. The van der Waals surface area contributed by atoms with E-state index in [0.717, 1.165) is 29.5 Å². The minimum absolute atomic E-state index is 0.0643. The van der Waals surface area contributed by atoms with Crippen LogP contribution >= 0.6 is 0 Å². The van der Waals surface area contributed by atoms with Gasteiger partial charge in [-0.15, -0.1) is 0 Å². The van der Waals surface area contributed by atoms with Crippen LogP contribution in [0.15, 0.2) is 47.5 Å². The Bertz CT molecular complexity index is 2100. The molecule has 0 aromatic heterocycles. The predicted octanol–water partition coefficient (Wildman–Crippen LogP) is 7.47. The quantitative estimate of drug-likeness (QED) is 0.129. The summed E-state index contributed by atoms with van der Waals surface area (Å²) < 4.78 is 27.7. The van der Waals surface area contributed by atoms with Gasteiger partial charge < -0.3 is 29.0 Å². The normalized spacial score (nSPS) is 22.8. The first kappa shape index (κ1) is 44.0. The third kappa shape index (κ3) is 10.4. The van der Waals surface area contributed by atoms with Crippen LogP contribution in [0.25, 0.3) is 0 Å². The van der Waals surface area contributed by atoms with Gasteiger partial charge in [0.1, 0.15) is 34.7 Å². The van der Waals surface area contributed by atoms with Crippen LogP contribution in [0.2, 0.25) is 0 Å². The molecule has 0 bridgehead atoms. The van der Waals surface area contributed by atoms with Crippen molar-refractivity contribution in [2.75, 3.05) is 7.05 Å². The number of guanidine groups is 1. The summed E-state index contributed by atoms with van der Waals surface area (Å²) in [5, 5.41) is 5.41. The van der Waals surface area contributed by atoms with Crippen molar-refractivity contribution in [3.63, 3.8) is 0 Å². The Morgan fingerprint density at radius 1 is 0.850 bits per heavy atom. The third-order valence-electron chi connectivity index (χ3n) is 10.7. The molecule has 322 valence electrons. The predicted molar refractivity (Wildman–Crippen MR) is 222 cm³/mol.